The van der Waals surface area contributed by atoms with Gasteiger partial charge in [0.1, 0.15) is 0 Å². The molecule has 0 radical (unpaired) electrons. The van der Waals surface area contributed by atoms with Gasteiger partial charge in [-0.2, -0.15) is 13.2 Å². The molecule has 0 aliphatic carbocycles. The summed E-state index contributed by atoms with van der Waals surface area (Å²) in [5, 5.41) is 0. The van der Waals surface area contributed by atoms with E-state index in [-0.39, 0.29) is 12.0 Å². The number of rotatable bonds is 1. The quantitative estimate of drug-likeness (QED) is 0.402. The lowest BCUT2D eigenvalue weighted by Gasteiger charge is -1.94. The van der Waals surface area contributed by atoms with Gasteiger partial charge in [-0.15, -0.1) is 11.6 Å². The molecular weight excluding hydrogens is 237 g/mol. The maximum absolute atomic E-state index is 11.1. The fraction of sp³-hybridized carbons (Fsp3) is 0.667. The van der Waals surface area contributed by atoms with E-state index < -0.39 is 6.18 Å². The Morgan fingerprint density at radius 1 is 0.938 bits per heavy atom. The van der Waals surface area contributed by atoms with Crippen LogP contribution in [0.3, 0.4) is 0 Å². The van der Waals surface area contributed by atoms with Crippen molar-refractivity contribution in [1.29, 1.82) is 0 Å². The topological polar surface area (TPSA) is 0 Å². The maximum Gasteiger partial charge on any atom is 0.409 e. The molecule has 0 aromatic heterocycles. The Balaban J connectivity index is -0.0000000761. The smallest absolute Gasteiger partial charge is 0.167 e. The molecule has 0 aliphatic heterocycles. The molecule has 0 nitrogen and oxygen atoms in total. The zero-order valence-electron chi connectivity index (χ0n) is 11.0. The first-order valence-electron chi connectivity index (χ1n) is 5.35. The number of halogens is 4. The Hall–Kier alpha value is -0.440. The van der Waals surface area contributed by atoms with Gasteiger partial charge in [0.2, 0.25) is 0 Å². The van der Waals surface area contributed by atoms with Crippen molar-refractivity contribution in [2.24, 2.45) is 0 Å². The maximum atomic E-state index is 11.1. The van der Waals surface area contributed by atoms with Crippen molar-refractivity contribution in [2.45, 2.75) is 47.7 Å². The second-order valence-corrected chi connectivity index (χ2v) is 2.07. The zero-order valence-corrected chi connectivity index (χ0v) is 11.8. The minimum Gasteiger partial charge on any atom is -0.167 e. The standard InChI is InChI=1S/C4H4ClF3.C4H8.2C2H6/c5-3-1-2-4(6,7)8;1-3-4-2;2*1-2/h1-2H,3H2;3-4H,1-2H3;2*1-2H3/b2-1+;4-3+;;. The highest BCUT2D eigenvalue weighted by Gasteiger charge is 2.21. The van der Waals surface area contributed by atoms with Crippen molar-refractivity contribution in [1.82, 2.24) is 0 Å². The van der Waals surface area contributed by atoms with Gasteiger partial charge in [-0.1, -0.05) is 45.9 Å². The molecule has 4 heteroatoms. The molecule has 0 saturated carbocycles. The van der Waals surface area contributed by atoms with Crippen molar-refractivity contribution in [3.05, 3.63) is 24.3 Å². The highest BCUT2D eigenvalue weighted by molar-refractivity contribution is 6.18. The summed E-state index contributed by atoms with van der Waals surface area (Å²) in [6.07, 6.45) is 0.746. The van der Waals surface area contributed by atoms with Crippen molar-refractivity contribution in [3.8, 4) is 0 Å². The van der Waals surface area contributed by atoms with Crippen LogP contribution in [0.1, 0.15) is 41.5 Å². The molecule has 0 rings (SSSR count). The van der Waals surface area contributed by atoms with E-state index >= 15 is 0 Å². The predicted molar refractivity (Wildman–Crippen MR) is 69.1 cm³/mol. The number of allylic oxidation sites excluding steroid dienone is 4. The second kappa shape index (κ2) is 24.0. The summed E-state index contributed by atoms with van der Waals surface area (Å²) >= 11 is 4.92. The van der Waals surface area contributed by atoms with E-state index in [0.717, 1.165) is 6.08 Å². The van der Waals surface area contributed by atoms with Gasteiger partial charge in [-0.05, 0) is 13.8 Å². The third-order valence-corrected chi connectivity index (χ3v) is 0.907. The minimum absolute atomic E-state index is 0.0977. The molecule has 0 N–H and O–H groups in total. The first-order valence-corrected chi connectivity index (χ1v) is 5.89. The Morgan fingerprint density at radius 2 is 1.25 bits per heavy atom. The van der Waals surface area contributed by atoms with Gasteiger partial charge in [0.05, 0.1) is 0 Å². The average Bonchev–Trinajstić information content (AvgIpc) is 2.31. The van der Waals surface area contributed by atoms with Crippen molar-refractivity contribution in [3.63, 3.8) is 0 Å². The van der Waals surface area contributed by atoms with E-state index in [2.05, 4.69) is 0 Å². The molecule has 0 aromatic rings. The molecule has 0 saturated heterocycles. The molecule has 0 aliphatic rings. The highest BCUT2D eigenvalue weighted by atomic mass is 35.5. The molecule has 0 bridgehead atoms. The monoisotopic (exact) mass is 260 g/mol. The van der Waals surface area contributed by atoms with Gasteiger partial charge >= 0.3 is 6.18 Å². The first-order chi connectivity index (χ1) is 7.47. The van der Waals surface area contributed by atoms with E-state index in [0.29, 0.717) is 0 Å². The summed E-state index contributed by atoms with van der Waals surface area (Å²) in [7, 11) is 0. The SMILES string of the molecule is C/C=C/C.CC.CC.FC(F)(F)/C=C/CCl. The second-order valence-electron chi connectivity index (χ2n) is 1.76. The molecule has 0 aromatic carbocycles. The van der Waals surface area contributed by atoms with Gasteiger partial charge in [0, 0.05) is 12.0 Å². The fourth-order valence-corrected chi connectivity index (χ4v) is 0.267. The first kappa shape index (κ1) is 24.7. The summed E-state index contributed by atoms with van der Waals surface area (Å²) in [5.41, 5.74) is 0. The molecule has 0 unspecified atom stereocenters. The predicted octanol–water partition coefficient (Wildman–Crippen LogP) is 5.98. The fourth-order valence-electron chi connectivity index (χ4n) is 0.178. The molecule has 0 atom stereocenters. The molecule has 0 amide bonds. The number of alkyl halides is 4. The minimum atomic E-state index is -4.21. The van der Waals surface area contributed by atoms with Crippen molar-refractivity contribution in [2.75, 3.05) is 5.88 Å². The highest BCUT2D eigenvalue weighted by Crippen LogP contribution is 2.15. The van der Waals surface area contributed by atoms with Crippen LogP contribution in [0.2, 0.25) is 0 Å². The van der Waals surface area contributed by atoms with Crippen LogP contribution in [0.15, 0.2) is 24.3 Å². The van der Waals surface area contributed by atoms with Gasteiger partial charge in [-0.3, -0.25) is 0 Å². The van der Waals surface area contributed by atoms with Crippen LogP contribution in [0.25, 0.3) is 0 Å². The normalized spacial score (nSPS) is 9.62. The molecule has 100 valence electrons. The van der Waals surface area contributed by atoms with Gasteiger partial charge in [0.25, 0.3) is 0 Å². The Kier molecular flexibility index (Phi) is 37.0. The molecule has 0 heterocycles. The third-order valence-electron chi connectivity index (χ3n) is 0.729. The molecule has 0 fully saturated rings. The number of hydrogen-bond donors (Lipinski definition) is 0. The van der Waals surface area contributed by atoms with E-state index in [1.165, 1.54) is 0 Å². The van der Waals surface area contributed by atoms with Crippen LogP contribution >= 0.6 is 11.6 Å². The van der Waals surface area contributed by atoms with Crippen LogP contribution in [-0.2, 0) is 0 Å². The summed E-state index contributed by atoms with van der Waals surface area (Å²) in [6.45, 7) is 12.0. The van der Waals surface area contributed by atoms with E-state index in [1.807, 2.05) is 53.7 Å². The lowest BCUT2D eigenvalue weighted by atomic mass is 10.5. The Bertz CT molecular complexity index is 134. The third kappa shape index (κ3) is 69.2. The lowest BCUT2D eigenvalue weighted by Crippen LogP contribution is -2.00. The van der Waals surface area contributed by atoms with Gasteiger partial charge in [-0.25, -0.2) is 0 Å². The zero-order chi connectivity index (χ0) is 14.0. The summed E-state index contributed by atoms with van der Waals surface area (Å²) in [4.78, 5) is 0. The Labute approximate surface area is 103 Å². The van der Waals surface area contributed by atoms with E-state index in [4.69, 9.17) is 11.6 Å². The van der Waals surface area contributed by atoms with Crippen LogP contribution in [-0.4, -0.2) is 12.1 Å². The number of hydrogen-bond acceptors (Lipinski definition) is 0. The van der Waals surface area contributed by atoms with Crippen molar-refractivity contribution >= 4 is 11.6 Å². The summed E-state index contributed by atoms with van der Waals surface area (Å²) in [5.74, 6) is -0.0977. The summed E-state index contributed by atoms with van der Waals surface area (Å²) < 4.78 is 33.3. The molecule has 0 spiro atoms. The van der Waals surface area contributed by atoms with Crippen LogP contribution in [0.4, 0.5) is 13.2 Å². The van der Waals surface area contributed by atoms with E-state index in [9.17, 15) is 13.2 Å². The van der Waals surface area contributed by atoms with Gasteiger partial charge < -0.3 is 0 Å². The Morgan fingerprint density at radius 3 is 1.31 bits per heavy atom. The molecular formula is C12H24ClF3. The van der Waals surface area contributed by atoms with Crippen LogP contribution < -0.4 is 0 Å². The molecule has 16 heavy (non-hydrogen) atoms. The average molecular weight is 261 g/mol. The van der Waals surface area contributed by atoms with Gasteiger partial charge in [0.15, 0.2) is 0 Å². The van der Waals surface area contributed by atoms with Crippen LogP contribution in [0.5, 0.6) is 0 Å². The largest absolute Gasteiger partial charge is 0.409 e. The van der Waals surface area contributed by atoms with Crippen LogP contribution in [0, 0.1) is 0 Å². The lowest BCUT2D eigenvalue weighted by molar-refractivity contribution is -0.0799. The summed E-state index contributed by atoms with van der Waals surface area (Å²) in [6, 6.07) is 0. The van der Waals surface area contributed by atoms with E-state index in [1.54, 1.807) is 0 Å². The van der Waals surface area contributed by atoms with Crippen molar-refractivity contribution < 1.29 is 13.2 Å².